The number of nitrogens with zero attached hydrogens (tertiary/aromatic N) is 1. The third-order valence-electron chi connectivity index (χ3n) is 2.85. The van der Waals surface area contributed by atoms with Crippen LogP contribution in [0.25, 0.3) is 0 Å². The Bertz CT molecular complexity index is 549. The summed E-state index contributed by atoms with van der Waals surface area (Å²) in [5, 5.41) is 20.9. The van der Waals surface area contributed by atoms with Crippen molar-refractivity contribution in [3.63, 3.8) is 0 Å². The van der Waals surface area contributed by atoms with Gasteiger partial charge in [0.15, 0.2) is 0 Å². The lowest BCUT2D eigenvalue weighted by atomic mass is 10.1. The molecule has 0 aliphatic carbocycles. The summed E-state index contributed by atoms with van der Waals surface area (Å²) < 4.78 is 0. The number of likely N-dealkylation sites (N-methyl/N-ethyl adjacent to an activating group) is 1. The van der Waals surface area contributed by atoms with Gasteiger partial charge in [-0.15, -0.1) is 0 Å². The number of aromatic hydroxyl groups is 2. The van der Waals surface area contributed by atoms with Gasteiger partial charge in [-0.25, -0.2) is 0 Å². The number of likely N-dealkylation sites (tertiary alicyclic amines) is 1. The van der Waals surface area contributed by atoms with Crippen molar-refractivity contribution in [2.45, 2.75) is 12.5 Å². The summed E-state index contributed by atoms with van der Waals surface area (Å²) in [5.74, 6) is -2.03. The Balaban J connectivity index is 2.14. The van der Waals surface area contributed by atoms with Crippen LogP contribution in [0.3, 0.4) is 0 Å². The highest BCUT2D eigenvalue weighted by atomic mass is 16.3. The highest BCUT2D eigenvalue weighted by Crippen LogP contribution is 2.20. The minimum atomic E-state index is -0.908. The zero-order chi connectivity index (χ0) is 14.2. The van der Waals surface area contributed by atoms with E-state index in [0.717, 1.165) is 23.1 Å². The highest BCUT2D eigenvalue weighted by Gasteiger charge is 2.37. The summed E-state index contributed by atoms with van der Waals surface area (Å²) in [4.78, 5) is 35.7. The van der Waals surface area contributed by atoms with E-state index in [-0.39, 0.29) is 29.4 Å². The van der Waals surface area contributed by atoms with E-state index in [9.17, 15) is 24.6 Å². The summed E-state index contributed by atoms with van der Waals surface area (Å²) >= 11 is 0. The van der Waals surface area contributed by atoms with Gasteiger partial charge in [0.1, 0.15) is 17.5 Å². The number of phenols is 2. The summed E-state index contributed by atoms with van der Waals surface area (Å²) in [5.41, 5.74) is 0.00676. The van der Waals surface area contributed by atoms with Crippen LogP contribution in [0.4, 0.5) is 0 Å². The fourth-order valence-electron chi connectivity index (χ4n) is 1.84. The Kier molecular flexibility index (Phi) is 3.12. The molecule has 2 rings (SSSR count). The van der Waals surface area contributed by atoms with E-state index < -0.39 is 17.9 Å². The Morgan fingerprint density at radius 1 is 1.26 bits per heavy atom. The molecule has 1 aliphatic heterocycles. The molecule has 3 amide bonds. The van der Waals surface area contributed by atoms with Gasteiger partial charge in [0, 0.05) is 18.7 Å². The van der Waals surface area contributed by atoms with Crippen molar-refractivity contribution >= 4 is 17.7 Å². The van der Waals surface area contributed by atoms with Gasteiger partial charge in [-0.2, -0.15) is 0 Å². The van der Waals surface area contributed by atoms with Gasteiger partial charge in [-0.05, 0) is 12.1 Å². The minimum absolute atomic E-state index is 0.00676. The van der Waals surface area contributed by atoms with Gasteiger partial charge in [-0.1, -0.05) is 0 Å². The molecule has 0 aromatic heterocycles. The molecule has 100 valence electrons. The normalized spacial score (nSPS) is 18.8. The summed E-state index contributed by atoms with van der Waals surface area (Å²) in [7, 11) is 1.34. The SMILES string of the molecule is CN1C(=O)CC(NC(=O)c2cc(O)cc(O)c2)C1=O. The fraction of sp³-hybridized carbons (Fsp3) is 0.250. The van der Waals surface area contributed by atoms with Crippen LogP contribution in [-0.2, 0) is 9.59 Å². The molecule has 7 heteroatoms. The van der Waals surface area contributed by atoms with Crippen molar-refractivity contribution < 1.29 is 24.6 Å². The summed E-state index contributed by atoms with van der Waals surface area (Å²) in [6, 6.07) is 2.48. The minimum Gasteiger partial charge on any atom is -0.508 e. The van der Waals surface area contributed by atoms with Crippen molar-refractivity contribution in [3.8, 4) is 11.5 Å². The molecule has 1 aliphatic rings. The number of phenolic OH excluding ortho intramolecular Hbond substituents is 2. The molecular formula is C12H12N2O5. The maximum absolute atomic E-state index is 11.8. The van der Waals surface area contributed by atoms with Gasteiger partial charge in [-0.3, -0.25) is 19.3 Å². The van der Waals surface area contributed by atoms with E-state index in [2.05, 4.69) is 5.32 Å². The number of hydrogen-bond acceptors (Lipinski definition) is 5. The molecule has 1 fully saturated rings. The number of imide groups is 1. The van der Waals surface area contributed by atoms with E-state index in [0.29, 0.717) is 0 Å². The second-order valence-electron chi connectivity index (χ2n) is 4.26. The molecule has 1 unspecified atom stereocenters. The van der Waals surface area contributed by atoms with E-state index in [1.54, 1.807) is 0 Å². The standard InChI is InChI=1S/C12H12N2O5/c1-14-10(17)5-9(12(14)19)13-11(18)6-2-7(15)4-8(16)3-6/h2-4,9,15-16H,5H2,1H3,(H,13,18). The van der Waals surface area contributed by atoms with Crippen molar-refractivity contribution in [2.75, 3.05) is 7.05 Å². The predicted octanol–water partition coefficient (Wildman–Crippen LogP) is -0.415. The maximum atomic E-state index is 11.8. The Labute approximate surface area is 108 Å². The van der Waals surface area contributed by atoms with Crippen LogP contribution in [0.1, 0.15) is 16.8 Å². The van der Waals surface area contributed by atoms with E-state index >= 15 is 0 Å². The first kappa shape index (κ1) is 12.9. The summed E-state index contributed by atoms with van der Waals surface area (Å²) in [6.07, 6.45) is -0.0914. The second kappa shape index (κ2) is 4.60. The lowest BCUT2D eigenvalue weighted by Crippen LogP contribution is -2.40. The van der Waals surface area contributed by atoms with E-state index in [4.69, 9.17) is 0 Å². The first-order valence-electron chi connectivity index (χ1n) is 5.53. The first-order chi connectivity index (χ1) is 8.88. The average molecular weight is 264 g/mol. The quantitative estimate of drug-likeness (QED) is 0.629. The molecule has 19 heavy (non-hydrogen) atoms. The topological polar surface area (TPSA) is 107 Å². The number of carbonyl (C=O) groups excluding carboxylic acids is 3. The molecule has 1 aromatic carbocycles. The van der Waals surface area contributed by atoms with Gasteiger partial charge < -0.3 is 15.5 Å². The van der Waals surface area contributed by atoms with Crippen LogP contribution >= 0.6 is 0 Å². The zero-order valence-corrected chi connectivity index (χ0v) is 10.1. The number of benzene rings is 1. The van der Waals surface area contributed by atoms with E-state index in [1.807, 2.05) is 0 Å². The fourth-order valence-corrected chi connectivity index (χ4v) is 1.84. The molecule has 0 spiro atoms. The number of hydrogen-bond donors (Lipinski definition) is 3. The van der Waals surface area contributed by atoms with Crippen LogP contribution in [0.15, 0.2) is 18.2 Å². The lowest BCUT2D eigenvalue weighted by molar-refractivity contribution is -0.137. The number of amides is 3. The number of rotatable bonds is 2. The molecule has 0 saturated carbocycles. The Hall–Kier alpha value is -2.57. The maximum Gasteiger partial charge on any atom is 0.252 e. The van der Waals surface area contributed by atoms with Gasteiger partial charge in [0.05, 0.1) is 6.42 Å². The van der Waals surface area contributed by atoms with Crippen LogP contribution in [0.2, 0.25) is 0 Å². The van der Waals surface area contributed by atoms with Crippen LogP contribution < -0.4 is 5.32 Å². The number of carbonyl (C=O) groups is 3. The molecule has 7 nitrogen and oxygen atoms in total. The Morgan fingerprint density at radius 3 is 2.32 bits per heavy atom. The predicted molar refractivity (Wildman–Crippen MR) is 63.4 cm³/mol. The highest BCUT2D eigenvalue weighted by molar-refractivity contribution is 6.08. The van der Waals surface area contributed by atoms with E-state index in [1.165, 1.54) is 7.05 Å². The summed E-state index contributed by atoms with van der Waals surface area (Å²) in [6.45, 7) is 0. The molecule has 1 heterocycles. The molecule has 1 atom stereocenters. The molecule has 0 bridgehead atoms. The van der Waals surface area contributed by atoms with Crippen LogP contribution in [0.5, 0.6) is 11.5 Å². The molecular weight excluding hydrogens is 252 g/mol. The Morgan fingerprint density at radius 2 is 1.84 bits per heavy atom. The third kappa shape index (κ3) is 2.49. The number of nitrogens with one attached hydrogen (secondary N) is 1. The van der Waals surface area contributed by atoms with Gasteiger partial charge in [0.25, 0.3) is 11.8 Å². The average Bonchev–Trinajstić information content (AvgIpc) is 2.56. The lowest BCUT2D eigenvalue weighted by Gasteiger charge is -2.11. The van der Waals surface area contributed by atoms with Crippen molar-refractivity contribution in [3.05, 3.63) is 23.8 Å². The monoisotopic (exact) mass is 264 g/mol. The second-order valence-corrected chi connectivity index (χ2v) is 4.26. The van der Waals surface area contributed by atoms with Gasteiger partial charge in [0.2, 0.25) is 5.91 Å². The molecule has 0 radical (unpaired) electrons. The molecule has 3 N–H and O–H groups in total. The smallest absolute Gasteiger partial charge is 0.252 e. The molecule has 1 aromatic rings. The van der Waals surface area contributed by atoms with Crippen LogP contribution in [-0.4, -0.2) is 45.9 Å². The van der Waals surface area contributed by atoms with Crippen molar-refractivity contribution in [2.24, 2.45) is 0 Å². The molecule has 1 saturated heterocycles. The van der Waals surface area contributed by atoms with Gasteiger partial charge >= 0.3 is 0 Å². The zero-order valence-electron chi connectivity index (χ0n) is 10.1. The van der Waals surface area contributed by atoms with Crippen LogP contribution in [0, 0.1) is 0 Å². The first-order valence-corrected chi connectivity index (χ1v) is 5.53. The largest absolute Gasteiger partial charge is 0.508 e. The van der Waals surface area contributed by atoms with Crippen molar-refractivity contribution in [1.82, 2.24) is 10.2 Å². The third-order valence-corrected chi connectivity index (χ3v) is 2.85. The van der Waals surface area contributed by atoms with Crippen molar-refractivity contribution in [1.29, 1.82) is 0 Å².